The first-order chi connectivity index (χ1) is 9.02. The number of nitrogens with one attached hydrogen (secondary N) is 1. The van der Waals surface area contributed by atoms with Crippen LogP contribution in [0.15, 0.2) is 24.3 Å². The summed E-state index contributed by atoms with van der Waals surface area (Å²) in [6, 6.07) is 6.53. The van der Waals surface area contributed by atoms with Crippen LogP contribution in [0.2, 0.25) is 0 Å². The van der Waals surface area contributed by atoms with E-state index < -0.39 is 0 Å². The standard InChI is InChI=1S/C14H19NO4/c1-4-18-9-13(16)15-12-7-5-11(6-8-12)14(17)19-10(2)3/h5-8,10H,4,9H2,1-3H3,(H,15,16). The van der Waals surface area contributed by atoms with Crippen LogP contribution in [0.1, 0.15) is 31.1 Å². The van der Waals surface area contributed by atoms with Gasteiger partial charge in [-0.25, -0.2) is 4.79 Å². The number of hydrogen-bond acceptors (Lipinski definition) is 4. The Morgan fingerprint density at radius 2 is 1.84 bits per heavy atom. The molecule has 0 atom stereocenters. The zero-order valence-corrected chi connectivity index (χ0v) is 11.4. The molecule has 104 valence electrons. The van der Waals surface area contributed by atoms with Gasteiger partial charge in [0.1, 0.15) is 6.61 Å². The Bertz CT molecular complexity index is 426. The Kier molecular flexibility index (Phi) is 6.02. The number of carbonyl (C=O) groups excluding carboxylic acids is 2. The van der Waals surface area contributed by atoms with Crippen molar-refractivity contribution in [3.8, 4) is 0 Å². The molecule has 1 amide bonds. The van der Waals surface area contributed by atoms with Crippen molar-refractivity contribution in [1.29, 1.82) is 0 Å². The molecule has 0 saturated carbocycles. The average molecular weight is 265 g/mol. The first-order valence-corrected chi connectivity index (χ1v) is 6.21. The molecule has 1 aromatic rings. The van der Waals surface area contributed by atoms with Crippen LogP contribution in [0.25, 0.3) is 0 Å². The summed E-state index contributed by atoms with van der Waals surface area (Å²) < 4.78 is 10.1. The van der Waals surface area contributed by atoms with Crippen molar-refractivity contribution in [2.24, 2.45) is 0 Å². The van der Waals surface area contributed by atoms with Crippen LogP contribution in [0.4, 0.5) is 5.69 Å². The molecule has 0 unspecified atom stereocenters. The first kappa shape index (κ1) is 15.2. The zero-order valence-electron chi connectivity index (χ0n) is 11.4. The van der Waals surface area contributed by atoms with Crippen molar-refractivity contribution in [3.05, 3.63) is 29.8 Å². The Morgan fingerprint density at radius 1 is 1.21 bits per heavy atom. The third-order valence-electron chi connectivity index (χ3n) is 2.18. The van der Waals surface area contributed by atoms with E-state index >= 15 is 0 Å². The fourth-order valence-corrected chi connectivity index (χ4v) is 1.36. The molecular formula is C14H19NO4. The van der Waals surface area contributed by atoms with Crippen LogP contribution >= 0.6 is 0 Å². The maximum Gasteiger partial charge on any atom is 0.338 e. The largest absolute Gasteiger partial charge is 0.459 e. The smallest absolute Gasteiger partial charge is 0.338 e. The summed E-state index contributed by atoms with van der Waals surface area (Å²) in [6.45, 7) is 5.92. The van der Waals surface area contributed by atoms with E-state index in [1.54, 1.807) is 38.1 Å². The van der Waals surface area contributed by atoms with Gasteiger partial charge in [0.25, 0.3) is 0 Å². The minimum absolute atomic E-state index is 0.0215. The van der Waals surface area contributed by atoms with E-state index in [2.05, 4.69) is 5.32 Å². The van der Waals surface area contributed by atoms with Crippen LogP contribution in [-0.4, -0.2) is 31.2 Å². The molecule has 0 fully saturated rings. The lowest BCUT2D eigenvalue weighted by atomic mass is 10.2. The summed E-state index contributed by atoms with van der Waals surface area (Å²) in [5, 5.41) is 2.67. The van der Waals surface area contributed by atoms with Gasteiger partial charge in [0.2, 0.25) is 5.91 Å². The molecule has 1 rings (SSSR count). The predicted molar refractivity (Wildman–Crippen MR) is 72.1 cm³/mol. The molecule has 0 aliphatic carbocycles. The Balaban J connectivity index is 2.56. The van der Waals surface area contributed by atoms with Crippen LogP contribution in [0.5, 0.6) is 0 Å². The normalized spacial score (nSPS) is 10.3. The Morgan fingerprint density at radius 3 is 2.37 bits per heavy atom. The number of anilines is 1. The van der Waals surface area contributed by atoms with Gasteiger partial charge in [-0.1, -0.05) is 0 Å². The van der Waals surface area contributed by atoms with Crippen molar-refractivity contribution >= 4 is 17.6 Å². The lowest BCUT2D eigenvalue weighted by Crippen LogP contribution is -2.18. The van der Waals surface area contributed by atoms with Crippen LogP contribution < -0.4 is 5.32 Å². The van der Waals surface area contributed by atoms with Crippen LogP contribution in [-0.2, 0) is 14.3 Å². The monoisotopic (exact) mass is 265 g/mol. The van der Waals surface area contributed by atoms with Gasteiger partial charge < -0.3 is 14.8 Å². The molecule has 1 aromatic carbocycles. The fourth-order valence-electron chi connectivity index (χ4n) is 1.36. The second-order valence-corrected chi connectivity index (χ2v) is 4.22. The molecule has 1 N–H and O–H groups in total. The molecule has 0 aromatic heterocycles. The summed E-state index contributed by atoms with van der Waals surface area (Å²) in [4.78, 5) is 23.0. The van der Waals surface area contributed by atoms with Gasteiger partial charge in [0.05, 0.1) is 11.7 Å². The van der Waals surface area contributed by atoms with Crippen molar-refractivity contribution in [2.45, 2.75) is 26.9 Å². The SMILES string of the molecule is CCOCC(=O)Nc1ccc(C(=O)OC(C)C)cc1. The van der Waals surface area contributed by atoms with E-state index in [-0.39, 0.29) is 24.6 Å². The van der Waals surface area contributed by atoms with Gasteiger partial charge in [0, 0.05) is 12.3 Å². The van der Waals surface area contributed by atoms with E-state index in [0.29, 0.717) is 17.9 Å². The highest BCUT2D eigenvalue weighted by Crippen LogP contribution is 2.11. The van der Waals surface area contributed by atoms with Gasteiger partial charge >= 0.3 is 5.97 Å². The van der Waals surface area contributed by atoms with E-state index in [1.807, 2.05) is 6.92 Å². The Hall–Kier alpha value is -1.88. The van der Waals surface area contributed by atoms with Crippen molar-refractivity contribution in [1.82, 2.24) is 0 Å². The lowest BCUT2D eigenvalue weighted by molar-refractivity contribution is -0.120. The van der Waals surface area contributed by atoms with E-state index in [1.165, 1.54) is 0 Å². The number of benzene rings is 1. The molecule has 0 saturated heterocycles. The van der Waals surface area contributed by atoms with E-state index in [4.69, 9.17) is 9.47 Å². The second-order valence-electron chi connectivity index (χ2n) is 4.22. The number of ether oxygens (including phenoxy) is 2. The summed E-state index contributed by atoms with van der Waals surface area (Å²) in [5.41, 5.74) is 1.07. The molecule has 0 aliphatic rings. The number of rotatable bonds is 6. The highest BCUT2D eigenvalue weighted by Gasteiger charge is 2.09. The quantitative estimate of drug-likeness (QED) is 0.801. The lowest BCUT2D eigenvalue weighted by Gasteiger charge is -2.09. The van der Waals surface area contributed by atoms with E-state index in [9.17, 15) is 9.59 Å². The molecule has 0 bridgehead atoms. The average Bonchev–Trinajstić information content (AvgIpc) is 2.36. The number of esters is 1. The van der Waals surface area contributed by atoms with Crippen molar-refractivity contribution in [2.75, 3.05) is 18.5 Å². The van der Waals surface area contributed by atoms with Gasteiger partial charge in [0.15, 0.2) is 0 Å². The molecule has 0 spiro atoms. The highest BCUT2D eigenvalue weighted by atomic mass is 16.5. The maximum atomic E-state index is 11.6. The first-order valence-electron chi connectivity index (χ1n) is 6.21. The number of amides is 1. The molecule has 5 heteroatoms. The third-order valence-corrected chi connectivity index (χ3v) is 2.18. The molecule has 0 aliphatic heterocycles. The van der Waals surface area contributed by atoms with Gasteiger partial charge in [-0.3, -0.25) is 4.79 Å². The van der Waals surface area contributed by atoms with Crippen LogP contribution in [0, 0.1) is 0 Å². The van der Waals surface area contributed by atoms with Crippen molar-refractivity contribution < 1.29 is 19.1 Å². The fraction of sp³-hybridized carbons (Fsp3) is 0.429. The second kappa shape index (κ2) is 7.53. The molecular weight excluding hydrogens is 246 g/mol. The number of carbonyl (C=O) groups is 2. The van der Waals surface area contributed by atoms with Crippen molar-refractivity contribution in [3.63, 3.8) is 0 Å². The predicted octanol–water partition coefficient (Wildman–Crippen LogP) is 2.23. The molecule has 19 heavy (non-hydrogen) atoms. The van der Waals surface area contributed by atoms with Gasteiger partial charge in [-0.2, -0.15) is 0 Å². The topological polar surface area (TPSA) is 64.6 Å². The van der Waals surface area contributed by atoms with Gasteiger partial charge in [-0.15, -0.1) is 0 Å². The van der Waals surface area contributed by atoms with Gasteiger partial charge in [-0.05, 0) is 45.0 Å². The Labute approximate surface area is 112 Å². The highest BCUT2D eigenvalue weighted by molar-refractivity contribution is 5.93. The maximum absolute atomic E-state index is 11.6. The minimum Gasteiger partial charge on any atom is -0.459 e. The third kappa shape index (κ3) is 5.52. The number of hydrogen-bond donors (Lipinski definition) is 1. The molecule has 0 radical (unpaired) electrons. The summed E-state index contributed by atoms with van der Waals surface area (Å²) >= 11 is 0. The molecule has 5 nitrogen and oxygen atoms in total. The minimum atomic E-state index is -0.373. The summed E-state index contributed by atoms with van der Waals surface area (Å²) in [7, 11) is 0. The summed E-state index contributed by atoms with van der Waals surface area (Å²) in [5.74, 6) is -0.596. The van der Waals surface area contributed by atoms with Crippen LogP contribution in [0.3, 0.4) is 0 Å². The summed E-state index contributed by atoms with van der Waals surface area (Å²) in [6.07, 6.45) is -0.155. The molecule has 0 heterocycles. The van der Waals surface area contributed by atoms with E-state index in [0.717, 1.165) is 0 Å². The zero-order chi connectivity index (χ0) is 14.3.